The minimum atomic E-state index is -1.33. The largest absolute Gasteiger partial charge is 0.496 e. The summed E-state index contributed by atoms with van der Waals surface area (Å²) in [7, 11) is 0.358. The fourth-order valence-corrected chi connectivity index (χ4v) is 5.36. The molecule has 0 aromatic heterocycles. The molecule has 0 heterocycles. The molecule has 2 nitrogen and oxygen atoms in total. The van der Waals surface area contributed by atoms with Crippen LogP contribution in [0, 0.1) is 6.92 Å². The summed E-state index contributed by atoms with van der Waals surface area (Å²) in [6.07, 6.45) is 0. The Morgan fingerprint density at radius 1 is 0.645 bits per heavy atom. The van der Waals surface area contributed by atoms with Crippen molar-refractivity contribution in [1.29, 1.82) is 0 Å². The molecule has 0 amide bonds. The third-order valence-electron chi connectivity index (χ3n) is 5.69. The number of hydrogen-bond donors (Lipinski definition) is 0. The molecule has 0 saturated heterocycles. The van der Waals surface area contributed by atoms with Gasteiger partial charge in [0.1, 0.15) is 5.75 Å². The van der Waals surface area contributed by atoms with Crippen molar-refractivity contribution in [1.82, 2.24) is 0 Å². The average Bonchev–Trinajstić information content (AvgIpc) is 2.82. The minimum Gasteiger partial charge on any atom is -0.496 e. The Labute approximate surface area is 184 Å². The molecule has 0 aliphatic rings. The van der Waals surface area contributed by atoms with E-state index < -0.39 is 10.8 Å². The first-order valence-electron chi connectivity index (χ1n) is 10.2. The standard InChI is InChI=1S/C28H22O2S/c1-19-11-15-22(16-12-19)31(29)26-18-14-21-8-4-6-10-24(21)28(26)27-23-9-5-3-7-20(23)13-17-25(27)30-2/h3-18H,1-2H3. The molecule has 0 aliphatic heterocycles. The van der Waals surface area contributed by atoms with E-state index >= 15 is 0 Å². The van der Waals surface area contributed by atoms with Crippen LogP contribution in [-0.2, 0) is 10.8 Å². The molecule has 3 heteroatoms. The number of fused-ring (bicyclic) bond motifs is 2. The fraction of sp³-hybridized carbons (Fsp3) is 0.0714. The van der Waals surface area contributed by atoms with Crippen LogP contribution in [0.25, 0.3) is 32.7 Å². The van der Waals surface area contributed by atoms with Gasteiger partial charge in [0, 0.05) is 16.0 Å². The molecule has 0 bridgehead atoms. The summed E-state index contributed by atoms with van der Waals surface area (Å²) in [5.41, 5.74) is 3.09. The van der Waals surface area contributed by atoms with E-state index in [9.17, 15) is 4.21 Å². The molecular weight excluding hydrogens is 400 g/mol. The molecule has 0 spiro atoms. The summed E-state index contributed by atoms with van der Waals surface area (Å²) in [6.45, 7) is 2.04. The van der Waals surface area contributed by atoms with E-state index in [0.29, 0.717) is 0 Å². The van der Waals surface area contributed by atoms with Crippen LogP contribution in [0.1, 0.15) is 5.56 Å². The third-order valence-corrected chi connectivity index (χ3v) is 7.13. The normalized spacial score (nSPS) is 12.2. The van der Waals surface area contributed by atoms with Gasteiger partial charge < -0.3 is 4.74 Å². The van der Waals surface area contributed by atoms with Gasteiger partial charge in [-0.15, -0.1) is 0 Å². The van der Waals surface area contributed by atoms with Crippen molar-refractivity contribution >= 4 is 32.3 Å². The van der Waals surface area contributed by atoms with Crippen LogP contribution in [0.3, 0.4) is 0 Å². The van der Waals surface area contributed by atoms with Gasteiger partial charge in [-0.05, 0) is 52.7 Å². The number of ether oxygens (including phenoxy) is 1. The number of hydrogen-bond acceptors (Lipinski definition) is 2. The van der Waals surface area contributed by atoms with E-state index in [1.54, 1.807) is 7.11 Å². The summed E-state index contributed by atoms with van der Waals surface area (Å²) in [5.74, 6) is 0.775. The Morgan fingerprint density at radius 3 is 1.87 bits per heavy atom. The molecule has 152 valence electrons. The molecular formula is C28H22O2S. The second-order valence-electron chi connectivity index (χ2n) is 7.61. The predicted molar refractivity (Wildman–Crippen MR) is 129 cm³/mol. The van der Waals surface area contributed by atoms with Crippen LogP contribution >= 0.6 is 0 Å². The van der Waals surface area contributed by atoms with Gasteiger partial charge in [-0.1, -0.05) is 78.4 Å². The summed E-state index contributed by atoms with van der Waals surface area (Å²) < 4.78 is 19.6. The molecule has 1 atom stereocenters. The van der Waals surface area contributed by atoms with Crippen molar-refractivity contribution in [2.24, 2.45) is 0 Å². The van der Waals surface area contributed by atoms with Crippen molar-refractivity contribution in [2.45, 2.75) is 16.7 Å². The zero-order chi connectivity index (χ0) is 21.4. The van der Waals surface area contributed by atoms with Crippen molar-refractivity contribution in [3.8, 4) is 16.9 Å². The topological polar surface area (TPSA) is 26.3 Å². The molecule has 5 rings (SSSR count). The lowest BCUT2D eigenvalue weighted by Crippen LogP contribution is -1.99. The minimum absolute atomic E-state index is 0.775. The van der Waals surface area contributed by atoms with Crippen molar-refractivity contribution in [3.05, 3.63) is 103 Å². The van der Waals surface area contributed by atoms with Gasteiger partial charge in [0.2, 0.25) is 0 Å². The first-order chi connectivity index (χ1) is 15.2. The molecule has 0 saturated carbocycles. The first-order valence-corrected chi connectivity index (χ1v) is 11.4. The molecule has 5 aromatic rings. The summed E-state index contributed by atoms with van der Waals surface area (Å²) >= 11 is 0. The highest BCUT2D eigenvalue weighted by atomic mass is 32.2. The molecule has 0 N–H and O–H groups in total. The molecule has 0 fully saturated rings. The number of methoxy groups -OCH3 is 1. The lowest BCUT2D eigenvalue weighted by molar-refractivity contribution is 0.417. The van der Waals surface area contributed by atoms with Gasteiger partial charge in [-0.3, -0.25) is 0 Å². The number of benzene rings is 5. The van der Waals surface area contributed by atoms with Crippen LogP contribution in [-0.4, -0.2) is 11.3 Å². The Hall–Kier alpha value is -3.43. The molecule has 5 aromatic carbocycles. The van der Waals surface area contributed by atoms with E-state index in [2.05, 4.69) is 36.4 Å². The maximum atomic E-state index is 13.8. The Kier molecular flexibility index (Phi) is 5.05. The van der Waals surface area contributed by atoms with Gasteiger partial charge >= 0.3 is 0 Å². The van der Waals surface area contributed by atoms with Gasteiger partial charge in [0.15, 0.2) is 0 Å². The van der Waals surface area contributed by atoms with Crippen LogP contribution in [0.2, 0.25) is 0 Å². The number of rotatable bonds is 4. The highest BCUT2D eigenvalue weighted by molar-refractivity contribution is 7.85. The molecule has 0 radical (unpaired) electrons. The van der Waals surface area contributed by atoms with Gasteiger partial charge in [0.25, 0.3) is 0 Å². The first kappa shape index (κ1) is 19.5. The van der Waals surface area contributed by atoms with Crippen LogP contribution < -0.4 is 4.74 Å². The zero-order valence-electron chi connectivity index (χ0n) is 17.5. The van der Waals surface area contributed by atoms with E-state index in [1.807, 2.05) is 67.6 Å². The summed E-state index contributed by atoms with van der Waals surface area (Å²) in [6, 6.07) is 32.5. The molecule has 1 unspecified atom stereocenters. The zero-order valence-corrected chi connectivity index (χ0v) is 18.3. The monoisotopic (exact) mass is 422 g/mol. The predicted octanol–water partition coefficient (Wildman–Crippen LogP) is 7.14. The maximum Gasteiger partial charge on any atom is 0.127 e. The van der Waals surface area contributed by atoms with Crippen LogP contribution in [0.5, 0.6) is 5.75 Å². The smallest absolute Gasteiger partial charge is 0.127 e. The quantitative estimate of drug-likeness (QED) is 0.307. The molecule has 0 aliphatic carbocycles. The van der Waals surface area contributed by atoms with Crippen molar-refractivity contribution in [3.63, 3.8) is 0 Å². The van der Waals surface area contributed by atoms with E-state index in [1.165, 1.54) is 0 Å². The lowest BCUT2D eigenvalue weighted by Gasteiger charge is -2.18. The highest BCUT2D eigenvalue weighted by Crippen LogP contribution is 2.44. The van der Waals surface area contributed by atoms with Gasteiger partial charge in [-0.25, -0.2) is 4.21 Å². The maximum absolute atomic E-state index is 13.8. The van der Waals surface area contributed by atoms with Crippen LogP contribution in [0.4, 0.5) is 0 Å². The summed E-state index contributed by atoms with van der Waals surface area (Å²) in [5, 5.41) is 4.38. The van der Waals surface area contributed by atoms with E-state index in [-0.39, 0.29) is 0 Å². The second-order valence-corrected chi connectivity index (χ2v) is 9.05. The third kappa shape index (κ3) is 3.41. The second kappa shape index (κ2) is 8.01. The highest BCUT2D eigenvalue weighted by Gasteiger charge is 2.21. The van der Waals surface area contributed by atoms with Gasteiger partial charge in [-0.2, -0.15) is 0 Å². The Balaban J connectivity index is 1.89. The van der Waals surface area contributed by atoms with E-state index in [0.717, 1.165) is 53.8 Å². The van der Waals surface area contributed by atoms with Crippen molar-refractivity contribution in [2.75, 3.05) is 7.11 Å². The SMILES string of the molecule is COc1ccc2ccccc2c1-c1c(S(=O)c2ccc(C)cc2)ccc2ccccc12. The average molecular weight is 423 g/mol. The molecule has 31 heavy (non-hydrogen) atoms. The van der Waals surface area contributed by atoms with Gasteiger partial charge in [0.05, 0.1) is 22.8 Å². The lowest BCUT2D eigenvalue weighted by atomic mass is 9.93. The fourth-order valence-electron chi connectivity index (χ4n) is 4.13. The Bertz CT molecular complexity index is 1440. The Morgan fingerprint density at radius 2 is 1.23 bits per heavy atom. The van der Waals surface area contributed by atoms with Crippen molar-refractivity contribution < 1.29 is 8.95 Å². The number of aryl methyl sites for hydroxylation is 1. The van der Waals surface area contributed by atoms with Crippen LogP contribution in [0.15, 0.2) is 107 Å². The van der Waals surface area contributed by atoms with E-state index in [4.69, 9.17) is 4.74 Å². The summed E-state index contributed by atoms with van der Waals surface area (Å²) in [4.78, 5) is 1.58.